The smallest absolute Gasteiger partial charge is 0.143 e. The lowest BCUT2D eigenvalue weighted by molar-refractivity contribution is -0.439. The number of hydrogen-bond acceptors (Lipinski definition) is 3. The monoisotopic (exact) mass is 205 g/mol. The van der Waals surface area contributed by atoms with Crippen molar-refractivity contribution in [3.8, 4) is 0 Å². The van der Waals surface area contributed by atoms with Crippen molar-refractivity contribution in [1.82, 2.24) is 9.55 Å². The van der Waals surface area contributed by atoms with Crippen LogP contribution in [-0.2, 0) is 11.3 Å². The lowest BCUT2D eigenvalue weighted by atomic mass is 10.3. The predicted octanol–water partition coefficient (Wildman–Crippen LogP) is -1.60. The molecular weight excluding hydrogens is 194 g/mol. The average molecular weight is 205 g/mol. The molecule has 2 rings (SSSR count). The summed E-state index contributed by atoms with van der Waals surface area (Å²) in [7, 11) is 0. The van der Waals surface area contributed by atoms with Crippen LogP contribution in [0.4, 0.5) is 0 Å². The van der Waals surface area contributed by atoms with Gasteiger partial charge in [0.1, 0.15) is 17.7 Å². The topological polar surface area (TPSA) is 85.6 Å². The van der Waals surface area contributed by atoms with Crippen molar-refractivity contribution < 1.29 is 15.6 Å². The highest BCUT2D eigenvalue weighted by Crippen LogP contribution is 2.11. The van der Waals surface area contributed by atoms with Crippen LogP contribution in [0.5, 0.6) is 0 Å². The van der Waals surface area contributed by atoms with E-state index in [4.69, 9.17) is 0 Å². The van der Waals surface area contributed by atoms with Gasteiger partial charge in [-0.3, -0.25) is 0 Å². The Morgan fingerprint density at radius 1 is 1.60 bits per heavy atom. The Morgan fingerprint density at radius 3 is 3.13 bits per heavy atom. The minimum Gasteiger partial charge on any atom is -0.544 e. The molecule has 0 saturated heterocycles. The lowest BCUT2D eigenvalue weighted by Crippen LogP contribution is -2.69. The number of nitrogens with zero attached hydrogens (tertiary/aromatic N) is 2. The van der Waals surface area contributed by atoms with Gasteiger partial charge < -0.3 is 20.2 Å². The normalized spacial score (nSPS) is 12.9. The first kappa shape index (κ1) is 9.67. The summed E-state index contributed by atoms with van der Waals surface area (Å²) in [6.07, 6.45) is 3.48. The zero-order chi connectivity index (χ0) is 10.8. The van der Waals surface area contributed by atoms with E-state index in [2.05, 4.69) is 10.7 Å². The number of carboxylic acids is 1. The average Bonchev–Trinajstić information content (AvgIpc) is 2.62. The highest BCUT2D eigenvalue weighted by Gasteiger charge is 2.10. The Hall–Kier alpha value is -1.88. The van der Waals surface area contributed by atoms with Gasteiger partial charge in [0.15, 0.2) is 0 Å². The third-order valence-corrected chi connectivity index (χ3v) is 2.27. The third kappa shape index (κ3) is 1.82. The highest BCUT2D eigenvalue weighted by molar-refractivity contribution is 5.76. The molecular formula is C10H11N3O2. The molecule has 5 heteroatoms. The van der Waals surface area contributed by atoms with Crippen LogP contribution in [0.15, 0.2) is 30.6 Å². The quantitative estimate of drug-likeness (QED) is 0.654. The van der Waals surface area contributed by atoms with E-state index in [0.717, 1.165) is 11.0 Å². The van der Waals surface area contributed by atoms with Crippen molar-refractivity contribution in [2.75, 3.05) is 0 Å². The molecule has 15 heavy (non-hydrogen) atoms. The second kappa shape index (κ2) is 3.70. The molecule has 78 valence electrons. The first-order valence-electron chi connectivity index (χ1n) is 4.62. The number of pyridine rings is 1. The Balaban J connectivity index is 2.32. The van der Waals surface area contributed by atoms with Crippen LogP contribution >= 0.6 is 0 Å². The molecule has 0 radical (unpaired) electrons. The van der Waals surface area contributed by atoms with Gasteiger partial charge in [-0.2, -0.15) is 0 Å². The van der Waals surface area contributed by atoms with Gasteiger partial charge in [0.25, 0.3) is 0 Å². The molecule has 2 aromatic rings. The number of aromatic nitrogens is 2. The first-order chi connectivity index (χ1) is 7.18. The Bertz CT molecular complexity index is 492. The molecule has 0 aliphatic heterocycles. The van der Waals surface area contributed by atoms with E-state index in [1.54, 1.807) is 17.0 Å². The molecule has 0 spiro atoms. The molecule has 3 N–H and O–H groups in total. The van der Waals surface area contributed by atoms with Gasteiger partial charge in [-0.15, -0.1) is 0 Å². The van der Waals surface area contributed by atoms with Gasteiger partial charge in [-0.1, -0.05) is 0 Å². The van der Waals surface area contributed by atoms with Crippen LogP contribution in [0.2, 0.25) is 0 Å². The van der Waals surface area contributed by atoms with Crippen molar-refractivity contribution in [3.05, 3.63) is 30.6 Å². The molecule has 2 heterocycles. The van der Waals surface area contributed by atoms with Crippen LogP contribution in [0, 0.1) is 0 Å². The van der Waals surface area contributed by atoms with Crippen LogP contribution in [0.25, 0.3) is 11.0 Å². The summed E-state index contributed by atoms with van der Waals surface area (Å²) >= 11 is 0. The number of hydrogen-bond donors (Lipinski definition) is 1. The number of aliphatic carboxylic acids is 1. The molecule has 0 fully saturated rings. The van der Waals surface area contributed by atoms with Crippen molar-refractivity contribution in [1.29, 1.82) is 0 Å². The van der Waals surface area contributed by atoms with Crippen molar-refractivity contribution in [2.45, 2.75) is 12.6 Å². The van der Waals surface area contributed by atoms with Crippen LogP contribution in [0.3, 0.4) is 0 Å². The minimum atomic E-state index is -1.15. The van der Waals surface area contributed by atoms with E-state index in [0.29, 0.717) is 0 Å². The summed E-state index contributed by atoms with van der Waals surface area (Å²) in [6, 6.07) is 4.90. The van der Waals surface area contributed by atoms with Crippen LogP contribution in [-0.4, -0.2) is 21.6 Å². The number of fused-ring (bicyclic) bond motifs is 1. The van der Waals surface area contributed by atoms with E-state index in [-0.39, 0.29) is 6.54 Å². The molecule has 0 amide bonds. The van der Waals surface area contributed by atoms with Crippen molar-refractivity contribution in [3.63, 3.8) is 0 Å². The van der Waals surface area contributed by atoms with E-state index in [9.17, 15) is 9.90 Å². The van der Waals surface area contributed by atoms with E-state index in [1.807, 2.05) is 18.2 Å². The maximum absolute atomic E-state index is 10.6. The fraction of sp³-hybridized carbons (Fsp3) is 0.200. The molecule has 0 bridgehead atoms. The number of carbonyl (C=O) groups is 1. The molecule has 5 nitrogen and oxygen atoms in total. The second-order valence-electron chi connectivity index (χ2n) is 3.40. The Labute approximate surface area is 86.1 Å². The van der Waals surface area contributed by atoms with Crippen LogP contribution in [0.1, 0.15) is 0 Å². The second-order valence-corrected chi connectivity index (χ2v) is 3.40. The summed E-state index contributed by atoms with van der Waals surface area (Å²) < 4.78 is 1.77. The molecule has 1 atom stereocenters. The van der Waals surface area contributed by atoms with E-state index in [1.165, 1.54) is 0 Å². The zero-order valence-electron chi connectivity index (χ0n) is 8.09. The molecule has 0 aromatic carbocycles. The lowest BCUT2D eigenvalue weighted by Gasteiger charge is -2.10. The van der Waals surface area contributed by atoms with Gasteiger partial charge >= 0.3 is 0 Å². The summed E-state index contributed by atoms with van der Waals surface area (Å²) in [6.45, 7) is 0.281. The van der Waals surface area contributed by atoms with Gasteiger partial charge in [0.2, 0.25) is 0 Å². The maximum Gasteiger partial charge on any atom is 0.143 e. The third-order valence-electron chi connectivity index (χ3n) is 2.27. The Morgan fingerprint density at radius 2 is 2.40 bits per heavy atom. The number of carboxylic acid groups (broad SMARTS) is 1. The predicted molar refractivity (Wildman–Crippen MR) is 51.4 cm³/mol. The van der Waals surface area contributed by atoms with Gasteiger partial charge in [0, 0.05) is 17.8 Å². The fourth-order valence-electron chi connectivity index (χ4n) is 1.48. The largest absolute Gasteiger partial charge is 0.544 e. The number of rotatable bonds is 3. The summed E-state index contributed by atoms with van der Waals surface area (Å²) in [5.41, 5.74) is 4.28. The van der Waals surface area contributed by atoms with E-state index >= 15 is 0 Å². The minimum absolute atomic E-state index is 0.281. The fourth-order valence-corrected chi connectivity index (χ4v) is 1.48. The van der Waals surface area contributed by atoms with Crippen LogP contribution < -0.4 is 10.8 Å². The van der Waals surface area contributed by atoms with Crippen molar-refractivity contribution >= 4 is 17.0 Å². The molecule has 0 saturated carbocycles. The molecule has 0 aliphatic carbocycles. The van der Waals surface area contributed by atoms with E-state index < -0.39 is 12.0 Å². The molecule has 2 aromatic heterocycles. The number of carbonyl (C=O) groups excluding carboxylic acids is 1. The zero-order valence-corrected chi connectivity index (χ0v) is 8.09. The van der Waals surface area contributed by atoms with Crippen molar-refractivity contribution in [2.24, 2.45) is 0 Å². The summed E-state index contributed by atoms with van der Waals surface area (Å²) in [5.74, 6) is -1.15. The maximum atomic E-state index is 10.6. The summed E-state index contributed by atoms with van der Waals surface area (Å²) in [5, 5.41) is 11.5. The standard InChI is InChI=1S/C10H11N3O2/c11-8(10(14)15)6-13-5-3-7-2-1-4-12-9(7)13/h1-5,8H,6,11H2,(H,14,15)/t8-/m1/s1. The highest BCUT2D eigenvalue weighted by atomic mass is 16.4. The SMILES string of the molecule is [NH3+][C@H](Cn1ccc2cccnc21)C(=O)[O-]. The summed E-state index contributed by atoms with van der Waals surface area (Å²) in [4.78, 5) is 14.7. The van der Waals surface area contributed by atoms with Gasteiger partial charge in [-0.25, -0.2) is 4.98 Å². The molecule has 0 unspecified atom stereocenters. The van der Waals surface area contributed by atoms with Gasteiger partial charge in [-0.05, 0) is 18.2 Å². The Kier molecular flexibility index (Phi) is 2.39. The molecule has 0 aliphatic rings. The number of quaternary nitrogens is 1. The van der Waals surface area contributed by atoms with Gasteiger partial charge in [0.05, 0.1) is 6.54 Å². The first-order valence-corrected chi connectivity index (χ1v) is 4.62.